The third-order valence-corrected chi connectivity index (χ3v) is 3.31. The average molecular weight is 325 g/mol. The normalized spacial score (nSPS) is 10.3. The SMILES string of the molecule is O=C(CNc1ccc(F)c(Cl)c1)NCCc1ccc(F)cc1. The van der Waals surface area contributed by atoms with E-state index in [1.807, 2.05) is 0 Å². The summed E-state index contributed by atoms with van der Waals surface area (Å²) in [6, 6.07) is 10.3. The molecule has 0 saturated carbocycles. The van der Waals surface area contributed by atoms with Gasteiger partial charge in [-0.15, -0.1) is 0 Å². The summed E-state index contributed by atoms with van der Waals surface area (Å²) in [5.41, 5.74) is 1.51. The number of halogens is 3. The molecular weight excluding hydrogens is 310 g/mol. The Morgan fingerprint density at radius 3 is 2.50 bits per heavy atom. The van der Waals surface area contributed by atoms with Crippen molar-refractivity contribution in [3.63, 3.8) is 0 Å². The van der Waals surface area contributed by atoms with Gasteiger partial charge in [-0.25, -0.2) is 8.78 Å². The second-order valence-corrected chi connectivity index (χ2v) is 5.12. The molecule has 0 atom stereocenters. The summed E-state index contributed by atoms with van der Waals surface area (Å²) in [5, 5.41) is 5.60. The van der Waals surface area contributed by atoms with Gasteiger partial charge in [0.05, 0.1) is 11.6 Å². The minimum absolute atomic E-state index is 0.00159. The molecule has 0 radical (unpaired) electrons. The van der Waals surface area contributed by atoms with Crippen molar-refractivity contribution in [3.05, 3.63) is 64.7 Å². The van der Waals surface area contributed by atoms with Crippen molar-refractivity contribution < 1.29 is 13.6 Å². The van der Waals surface area contributed by atoms with Crippen LogP contribution in [0.15, 0.2) is 42.5 Å². The predicted molar refractivity (Wildman–Crippen MR) is 83.0 cm³/mol. The molecule has 3 nitrogen and oxygen atoms in total. The van der Waals surface area contributed by atoms with Crippen LogP contribution in [0.4, 0.5) is 14.5 Å². The number of nitrogens with one attached hydrogen (secondary N) is 2. The van der Waals surface area contributed by atoms with E-state index in [0.717, 1.165) is 5.56 Å². The number of anilines is 1. The molecule has 0 aliphatic carbocycles. The van der Waals surface area contributed by atoms with Gasteiger partial charge in [0.25, 0.3) is 0 Å². The van der Waals surface area contributed by atoms with Gasteiger partial charge < -0.3 is 10.6 Å². The highest BCUT2D eigenvalue weighted by molar-refractivity contribution is 6.31. The summed E-state index contributed by atoms with van der Waals surface area (Å²) < 4.78 is 25.7. The first-order chi connectivity index (χ1) is 10.5. The largest absolute Gasteiger partial charge is 0.376 e. The molecule has 0 aromatic heterocycles. The van der Waals surface area contributed by atoms with Gasteiger partial charge in [0.2, 0.25) is 5.91 Å². The standard InChI is InChI=1S/C16H15ClF2N2O/c17-14-9-13(5-6-15(14)19)21-10-16(22)20-8-7-11-1-3-12(18)4-2-11/h1-6,9,21H,7-8,10H2,(H,20,22). The van der Waals surface area contributed by atoms with Gasteiger partial charge in [-0.05, 0) is 42.3 Å². The van der Waals surface area contributed by atoms with Crippen LogP contribution in [-0.4, -0.2) is 19.0 Å². The summed E-state index contributed by atoms with van der Waals surface area (Å²) in [4.78, 5) is 11.7. The Morgan fingerprint density at radius 2 is 1.82 bits per heavy atom. The topological polar surface area (TPSA) is 41.1 Å². The summed E-state index contributed by atoms with van der Waals surface area (Å²) in [6.07, 6.45) is 0.619. The number of hydrogen-bond acceptors (Lipinski definition) is 2. The van der Waals surface area contributed by atoms with Crippen molar-refractivity contribution in [1.82, 2.24) is 5.32 Å². The second-order valence-electron chi connectivity index (χ2n) is 4.71. The molecule has 2 aromatic rings. The zero-order valence-corrected chi connectivity index (χ0v) is 12.5. The van der Waals surface area contributed by atoms with Gasteiger partial charge in [0.15, 0.2) is 0 Å². The van der Waals surface area contributed by atoms with Gasteiger partial charge >= 0.3 is 0 Å². The molecular formula is C16H15ClF2N2O. The number of hydrogen-bond donors (Lipinski definition) is 2. The molecule has 0 spiro atoms. The van der Waals surface area contributed by atoms with Crippen LogP contribution in [0, 0.1) is 11.6 Å². The number of carbonyl (C=O) groups is 1. The third-order valence-electron chi connectivity index (χ3n) is 3.02. The summed E-state index contributed by atoms with van der Waals surface area (Å²) in [5.74, 6) is -0.978. The Hall–Kier alpha value is -2.14. The van der Waals surface area contributed by atoms with E-state index in [0.29, 0.717) is 18.7 Å². The van der Waals surface area contributed by atoms with E-state index in [9.17, 15) is 13.6 Å². The summed E-state index contributed by atoms with van der Waals surface area (Å²) in [6.45, 7) is 0.516. The van der Waals surface area contributed by atoms with E-state index in [-0.39, 0.29) is 23.3 Å². The molecule has 2 aromatic carbocycles. The highest BCUT2D eigenvalue weighted by atomic mass is 35.5. The molecule has 0 unspecified atom stereocenters. The molecule has 0 saturated heterocycles. The quantitative estimate of drug-likeness (QED) is 0.855. The van der Waals surface area contributed by atoms with Crippen LogP contribution >= 0.6 is 11.6 Å². The molecule has 0 heterocycles. The maximum absolute atomic E-state index is 13.0. The number of benzene rings is 2. The highest BCUT2D eigenvalue weighted by Gasteiger charge is 2.04. The van der Waals surface area contributed by atoms with Gasteiger partial charge in [-0.1, -0.05) is 23.7 Å². The number of amides is 1. The molecule has 1 amide bonds. The van der Waals surface area contributed by atoms with E-state index < -0.39 is 5.82 Å². The maximum Gasteiger partial charge on any atom is 0.239 e. The van der Waals surface area contributed by atoms with E-state index >= 15 is 0 Å². The fourth-order valence-electron chi connectivity index (χ4n) is 1.85. The van der Waals surface area contributed by atoms with E-state index in [1.165, 1.54) is 30.3 Å². The Bertz CT molecular complexity index is 647. The lowest BCUT2D eigenvalue weighted by Crippen LogP contribution is -2.31. The predicted octanol–water partition coefficient (Wildman–Crippen LogP) is 3.39. The fraction of sp³-hybridized carbons (Fsp3) is 0.188. The highest BCUT2D eigenvalue weighted by Crippen LogP contribution is 2.18. The number of carbonyl (C=O) groups excluding carboxylic acids is 1. The van der Waals surface area contributed by atoms with Crippen LogP contribution < -0.4 is 10.6 Å². The van der Waals surface area contributed by atoms with Crippen LogP contribution in [0.25, 0.3) is 0 Å². The van der Waals surface area contributed by atoms with Gasteiger partial charge in [0, 0.05) is 12.2 Å². The molecule has 2 rings (SSSR count). The maximum atomic E-state index is 13.0. The molecule has 2 N–H and O–H groups in total. The summed E-state index contributed by atoms with van der Waals surface area (Å²) in [7, 11) is 0. The molecule has 0 bridgehead atoms. The Kier molecular flexibility index (Phi) is 5.72. The van der Waals surface area contributed by atoms with Gasteiger partial charge in [0.1, 0.15) is 11.6 Å². The lowest BCUT2D eigenvalue weighted by molar-refractivity contribution is -0.119. The number of rotatable bonds is 6. The minimum Gasteiger partial charge on any atom is -0.376 e. The smallest absolute Gasteiger partial charge is 0.239 e. The first-order valence-electron chi connectivity index (χ1n) is 6.74. The van der Waals surface area contributed by atoms with Crippen molar-refractivity contribution in [2.24, 2.45) is 0 Å². The first kappa shape index (κ1) is 16.2. The third kappa shape index (κ3) is 5.00. The lowest BCUT2D eigenvalue weighted by Gasteiger charge is -2.08. The van der Waals surface area contributed by atoms with Crippen molar-refractivity contribution in [1.29, 1.82) is 0 Å². The molecule has 6 heteroatoms. The molecule has 116 valence electrons. The Labute approximate surface area is 132 Å². The van der Waals surface area contributed by atoms with Gasteiger partial charge in [-0.2, -0.15) is 0 Å². The minimum atomic E-state index is -0.504. The van der Waals surface area contributed by atoms with Crippen LogP contribution in [0.3, 0.4) is 0 Å². The van der Waals surface area contributed by atoms with Crippen LogP contribution in [0.2, 0.25) is 5.02 Å². The van der Waals surface area contributed by atoms with Crippen LogP contribution in [-0.2, 0) is 11.2 Å². The van der Waals surface area contributed by atoms with E-state index in [4.69, 9.17) is 11.6 Å². The van der Waals surface area contributed by atoms with Crippen molar-refractivity contribution in [2.75, 3.05) is 18.4 Å². The molecule has 22 heavy (non-hydrogen) atoms. The molecule has 0 fully saturated rings. The van der Waals surface area contributed by atoms with E-state index in [1.54, 1.807) is 12.1 Å². The molecule has 0 aliphatic rings. The van der Waals surface area contributed by atoms with Crippen molar-refractivity contribution in [2.45, 2.75) is 6.42 Å². The molecule has 0 aliphatic heterocycles. The Balaban J connectivity index is 1.71. The van der Waals surface area contributed by atoms with Crippen LogP contribution in [0.5, 0.6) is 0 Å². The van der Waals surface area contributed by atoms with Crippen LogP contribution in [0.1, 0.15) is 5.56 Å². The van der Waals surface area contributed by atoms with Crippen molar-refractivity contribution in [3.8, 4) is 0 Å². The summed E-state index contributed by atoms with van der Waals surface area (Å²) >= 11 is 5.65. The van der Waals surface area contributed by atoms with E-state index in [2.05, 4.69) is 10.6 Å². The zero-order chi connectivity index (χ0) is 15.9. The van der Waals surface area contributed by atoms with Crippen molar-refractivity contribution >= 4 is 23.2 Å². The Morgan fingerprint density at radius 1 is 1.09 bits per heavy atom. The van der Waals surface area contributed by atoms with Gasteiger partial charge in [-0.3, -0.25) is 4.79 Å². The second kappa shape index (κ2) is 7.75. The first-order valence-corrected chi connectivity index (χ1v) is 7.12. The monoisotopic (exact) mass is 324 g/mol. The zero-order valence-electron chi connectivity index (χ0n) is 11.7. The average Bonchev–Trinajstić information content (AvgIpc) is 2.50. The fourth-order valence-corrected chi connectivity index (χ4v) is 2.03. The lowest BCUT2D eigenvalue weighted by atomic mass is 10.1.